The van der Waals surface area contributed by atoms with Gasteiger partial charge in [0.05, 0.1) is 10.9 Å². The fraction of sp³-hybridized carbons (Fsp3) is 0.300. The minimum absolute atomic E-state index is 0.0137. The van der Waals surface area contributed by atoms with E-state index in [9.17, 15) is 0 Å². The highest BCUT2D eigenvalue weighted by Gasteiger charge is 2.17. The predicted molar refractivity (Wildman–Crippen MR) is 67.5 cm³/mol. The Hall–Kier alpha value is -0.410. The summed E-state index contributed by atoms with van der Waals surface area (Å²) in [5.74, 6) is 5.25. The number of hydrazine groups is 1. The Labute approximate surface area is 106 Å². The molecule has 1 aromatic carbocycles. The molecule has 1 rings (SSSR count). The molecule has 0 fully saturated rings. The molecule has 3 nitrogen and oxygen atoms in total. The van der Waals surface area contributed by atoms with E-state index >= 15 is 0 Å². The average Bonchev–Trinajstić information content (AvgIpc) is 2.28. The molecule has 0 bridgehead atoms. The van der Waals surface area contributed by atoms with Crippen molar-refractivity contribution in [2.45, 2.75) is 16.2 Å². The number of nitriles is 1. The summed E-state index contributed by atoms with van der Waals surface area (Å²) in [7, 11) is 0. The Balaban J connectivity index is 2.85. The summed E-state index contributed by atoms with van der Waals surface area (Å²) >= 11 is 6.77. The van der Waals surface area contributed by atoms with Crippen LogP contribution in [0.2, 0.25) is 0 Å². The maximum atomic E-state index is 8.78. The van der Waals surface area contributed by atoms with Gasteiger partial charge in [0.15, 0.2) is 0 Å². The summed E-state index contributed by atoms with van der Waals surface area (Å²) in [6.07, 6.45) is 0. The molecule has 0 aromatic heterocycles. The molecule has 0 spiro atoms. The summed E-state index contributed by atoms with van der Waals surface area (Å²) in [5, 5.41) is 8.78. The largest absolute Gasteiger partial charge is 0.271 e. The molecule has 0 heterocycles. The molecule has 0 saturated carbocycles. The topological polar surface area (TPSA) is 61.8 Å². The van der Waals surface area contributed by atoms with Crippen molar-refractivity contribution in [1.82, 2.24) is 5.43 Å². The second-order valence-corrected chi connectivity index (χ2v) is 5.03. The summed E-state index contributed by atoms with van der Waals surface area (Å²) < 4.78 is 0. The van der Waals surface area contributed by atoms with E-state index in [1.54, 1.807) is 0 Å². The molecule has 0 aliphatic carbocycles. The van der Waals surface area contributed by atoms with Crippen molar-refractivity contribution >= 4 is 31.9 Å². The Kier molecular flexibility index (Phi) is 5.26. The third-order valence-electron chi connectivity index (χ3n) is 1.96. The van der Waals surface area contributed by atoms with Crippen molar-refractivity contribution in [2.75, 3.05) is 0 Å². The van der Waals surface area contributed by atoms with E-state index in [1.165, 1.54) is 0 Å². The van der Waals surface area contributed by atoms with E-state index in [4.69, 9.17) is 11.1 Å². The van der Waals surface area contributed by atoms with Crippen molar-refractivity contribution in [3.63, 3.8) is 0 Å². The van der Waals surface area contributed by atoms with Crippen LogP contribution in [0.5, 0.6) is 0 Å². The molecule has 15 heavy (non-hydrogen) atoms. The lowest BCUT2D eigenvalue weighted by molar-refractivity contribution is 0.740. The smallest absolute Gasteiger partial charge is 0.118 e. The van der Waals surface area contributed by atoms with E-state index in [-0.39, 0.29) is 9.65 Å². The lowest BCUT2D eigenvalue weighted by atomic mass is 10.1. The number of nitrogens with two attached hydrogens (primary N) is 1. The second-order valence-electron chi connectivity index (χ2n) is 3.06. The fourth-order valence-corrected chi connectivity index (χ4v) is 1.94. The zero-order valence-corrected chi connectivity index (χ0v) is 11.1. The van der Waals surface area contributed by atoms with E-state index in [2.05, 4.69) is 43.4 Å². The molecule has 0 radical (unpaired) electrons. The number of benzene rings is 1. The highest BCUT2D eigenvalue weighted by Crippen LogP contribution is 2.31. The normalized spacial score (nSPS) is 14.3. The molecule has 3 N–H and O–H groups in total. The maximum absolute atomic E-state index is 8.78. The fourth-order valence-electron chi connectivity index (χ4n) is 1.23. The van der Waals surface area contributed by atoms with Crippen molar-refractivity contribution in [2.24, 2.45) is 5.84 Å². The van der Waals surface area contributed by atoms with Crippen LogP contribution in [-0.2, 0) is 6.54 Å². The number of halogens is 2. The van der Waals surface area contributed by atoms with Gasteiger partial charge in [-0.15, -0.1) is 0 Å². The van der Waals surface area contributed by atoms with Gasteiger partial charge in [0, 0.05) is 6.54 Å². The zero-order chi connectivity index (χ0) is 11.3. The summed E-state index contributed by atoms with van der Waals surface area (Å²) in [4.78, 5) is -0.251. The molecule has 0 amide bonds. The number of alkyl halides is 2. The number of nitrogens with one attached hydrogen (secondary N) is 1. The second kappa shape index (κ2) is 6.23. The van der Waals surface area contributed by atoms with Gasteiger partial charge in [-0.1, -0.05) is 56.1 Å². The predicted octanol–water partition coefficient (Wildman–Crippen LogP) is 2.37. The van der Waals surface area contributed by atoms with Crippen LogP contribution in [0.4, 0.5) is 0 Å². The van der Waals surface area contributed by atoms with Gasteiger partial charge in [0.25, 0.3) is 0 Å². The summed E-state index contributed by atoms with van der Waals surface area (Å²) in [6, 6.07) is 10.1. The minimum Gasteiger partial charge on any atom is -0.271 e. The molecule has 2 unspecified atom stereocenters. The third kappa shape index (κ3) is 3.58. The van der Waals surface area contributed by atoms with Crippen molar-refractivity contribution in [3.8, 4) is 6.07 Å². The van der Waals surface area contributed by atoms with Gasteiger partial charge < -0.3 is 0 Å². The molecule has 1 aromatic rings. The molecule has 2 atom stereocenters. The maximum Gasteiger partial charge on any atom is 0.118 e. The molecule has 5 heteroatoms. The van der Waals surface area contributed by atoms with Gasteiger partial charge in [-0.2, -0.15) is 5.26 Å². The molecular weight excluding hydrogens is 322 g/mol. The molecular formula is C10H11Br2N3. The van der Waals surface area contributed by atoms with Gasteiger partial charge >= 0.3 is 0 Å². The minimum atomic E-state index is -0.237. The van der Waals surface area contributed by atoms with Crippen LogP contribution >= 0.6 is 31.9 Å². The van der Waals surface area contributed by atoms with Crippen molar-refractivity contribution < 1.29 is 0 Å². The van der Waals surface area contributed by atoms with Gasteiger partial charge in [-0.05, 0) is 11.1 Å². The van der Waals surface area contributed by atoms with Crippen LogP contribution in [0.3, 0.4) is 0 Å². The summed E-state index contributed by atoms with van der Waals surface area (Å²) in [6.45, 7) is 0.618. The van der Waals surface area contributed by atoms with E-state index in [0.717, 1.165) is 11.1 Å². The first-order valence-electron chi connectivity index (χ1n) is 4.39. The van der Waals surface area contributed by atoms with Gasteiger partial charge in [-0.3, -0.25) is 11.3 Å². The Morgan fingerprint density at radius 1 is 1.47 bits per heavy atom. The first-order chi connectivity index (χ1) is 7.19. The van der Waals surface area contributed by atoms with Gasteiger partial charge in [0.2, 0.25) is 0 Å². The lowest BCUT2D eigenvalue weighted by Gasteiger charge is -2.12. The van der Waals surface area contributed by atoms with Crippen LogP contribution in [-0.4, -0.2) is 4.83 Å². The molecule has 0 saturated heterocycles. The van der Waals surface area contributed by atoms with E-state index in [0.29, 0.717) is 6.54 Å². The van der Waals surface area contributed by atoms with Crippen LogP contribution < -0.4 is 11.3 Å². The summed E-state index contributed by atoms with van der Waals surface area (Å²) in [5.41, 5.74) is 4.76. The highest BCUT2D eigenvalue weighted by molar-refractivity contribution is 9.12. The third-order valence-corrected chi connectivity index (χ3v) is 4.46. The van der Waals surface area contributed by atoms with Crippen molar-refractivity contribution in [3.05, 3.63) is 35.4 Å². The van der Waals surface area contributed by atoms with E-state index < -0.39 is 0 Å². The first-order valence-corrected chi connectivity index (χ1v) is 6.22. The Morgan fingerprint density at radius 2 is 2.20 bits per heavy atom. The van der Waals surface area contributed by atoms with Gasteiger partial charge in [-0.25, -0.2) is 0 Å². The molecule has 80 valence electrons. The quantitative estimate of drug-likeness (QED) is 0.505. The van der Waals surface area contributed by atoms with Gasteiger partial charge in [0.1, 0.15) is 4.83 Å². The number of rotatable bonds is 4. The first kappa shape index (κ1) is 12.7. The SMILES string of the molecule is N#CC(Br)C(Br)c1cccc(CNN)c1. The van der Waals surface area contributed by atoms with E-state index in [1.807, 2.05) is 24.3 Å². The Bertz CT molecular complexity index is 362. The molecule has 0 aliphatic heterocycles. The Morgan fingerprint density at radius 3 is 2.80 bits per heavy atom. The standard InChI is InChI=1S/C10H11Br2N3/c11-9(5-13)10(12)8-3-1-2-7(4-8)6-15-14/h1-4,9-10,15H,6,14H2. The van der Waals surface area contributed by atoms with Crippen molar-refractivity contribution in [1.29, 1.82) is 5.26 Å². The lowest BCUT2D eigenvalue weighted by Crippen LogP contribution is -2.20. The van der Waals surface area contributed by atoms with Crippen LogP contribution in [0, 0.1) is 11.3 Å². The zero-order valence-electron chi connectivity index (χ0n) is 7.95. The number of hydrogen-bond donors (Lipinski definition) is 2. The number of hydrogen-bond acceptors (Lipinski definition) is 3. The highest BCUT2D eigenvalue weighted by atomic mass is 79.9. The monoisotopic (exact) mass is 331 g/mol. The number of nitrogens with zero attached hydrogens (tertiary/aromatic N) is 1. The van der Waals surface area contributed by atoms with Crippen LogP contribution in [0.25, 0.3) is 0 Å². The molecule has 0 aliphatic rings. The van der Waals surface area contributed by atoms with Crippen LogP contribution in [0.1, 0.15) is 16.0 Å². The van der Waals surface area contributed by atoms with Crippen LogP contribution in [0.15, 0.2) is 24.3 Å². The average molecular weight is 333 g/mol.